The fraction of sp³-hybridized carbons (Fsp3) is 0.625. The van der Waals surface area contributed by atoms with Crippen LogP contribution in [0.5, 0.6) is 0 Å². The summed E-state index contributed by atoms with van der Waals surface area (Å²) < 4.78 is 0. The molecule has 6 N–H and O–H groups in total. The third kappa shape index (κ3) is 2.66. The van der Waals surface area contributed by atoms with E-state index < -0.39 is 0 Å². The Morgan fingerprint density at radius 3 is 2.53 bits per heavy atom. The van der Waals surface area contributed by atoms with Gasteiger partial charge in [0.1, 0.15) is 0 Å². The minimum absolute atomic E-state index is 0.147. The molecule has 0 aromatic carbocycles. The van der Waals surface area contributed by atoms with Gasteiger partial charge in [-0.2, -0.15) is 15.0 Å². The Morgan fingerprint density at radius 1 is 1.20 bits per heavy atom. The number of hydrogen-bond acceptors (Lipinski definition) is 7. The van der Waals surface area contributed by atoms with Crippen LogP contribution in [0.1, 0.15) is 12.8 Å². The van der Waals surface area contributed by atoms with Crippen LogP contribution in [-0.4, -0.2) is 34.1 Å². The largest absolute Gasteiger partial charge is 0.368 e. The van der Waals surface area contributed by atoms with Crippen molar-refractivity contribution in [3.63, 3.8) is 0 Å². The van der Waals surface area contributed by atoms with E-state index in [4.69, 9.17) is 11.5 Å². The number of nitrogen functional groups attached to an aromatic ring is 2. The van der Waals surface area contributed by atoms with E-state index in [1.54, 1.807) is 0 Å². The maximum atomic E-state index is 5.47. The number of piperidine rings is 1. The summed E-state index contributed by atoms with van der Waals surface area (Å²) in [4.78, 5) is 11.6. The van der Waals surface area contributed by atoms with Gasteiger partial charge in [0.05, 0.1) is 0 Å². The Balaban J connectivity index is 2.02. The van der Waals surface area contributed by atoms with Crippen LogP contribution in [0.2, 0.25) is 0 Å². The van der Waals surface area contributed by atoms with Crippen molar-refractivity contribution in [1.82, 2.24) is 20.3 Å². The molecule has 1 aliphatic heterocycles. The average Bonchev–Trinajstić information content (AvgIpc) is 2.17. The first kappa shape index (κ1) is 9.91. The zero-order valence-electron chi connectivity index (χ0n) is 8.40. The first-order valence-electron chi connectivity index (χ1n) is 4.98. The van der Waals surface area contributed by atoms with Gasteiger partial charge >= 0.3 is 0 Å². The normalized spacial score (nSPS) is 21.2. The van der Waals surface area contributed by atoms with Crippen LogP contribution in [0.3, 0.4) is 0 Å². The zero-order chi connectivity index (χ0) is 10.7. The molecule has 0 saturated carbocycles. The van der Waals surface area contributed by atoms with E-state index in [2.05, 4.69) is 25.6 Å². The maximum Gasteiger partial charge on any atom is 0.229 e. The molecule has 2 rings (SSSR count). The van der Waals surface area contributed by atoms with Crippen molar-refractivity contribution in [2.45, 2.75) is 18.9 Å². The number of hydrogen-bond donors (Lipinski definition) is 4. The molecule has 2 heterocycles. The molecule has 0 spiro atoms. The molecule has 1 unspecified atom stereocenters. The number of aromatic nitrogens is 3. The first-order valence-corrected chi connectivity index (χ1v) is 4.98. The number of nitrogens with one attached hydrogen (secondary N) is 2. The quantitative estimate of drug-likeness (QED) is 0.504. The Labute approximate surface area is 87.7 Å². The van der Waals surface area contributed by atoms with Gasteiger partial charge in [-0.05, 0) is 19.4 Å². The molecule has 1 saturated heterocycles. The second-order valence-corrected chi connectivity index (χ2v) is 3.56. The van der Waals surface area contributed by atoms with E-state index in [0.717, 1.165) is 25.9 Å². The van der Waals surface area contributed by atoms with Gasteiger partial charge in [-0.25, -0.2) is 0 Å². The van der Waals surface area contributed by atoms with E-state index in [1.165, 1.54) is 0 Å². The van der Waals surface area contributed by atoms with E-state index in [9.17, 15) is 0 Å². The van der Waals surface area contributed by atoms with Crippen molar-refractivity contribution in [2.75, 3.05) is 29.9 Å². The van der Waals surface area contributed by atoms with Gasteiger partial charge in [-0.1, -0.05) is 0 Å². The maximum absolute atomic E-state index is 5.47. The third-order valence-electron chi connectivity index (χ3n) is 2.30. The number of nitrogens with zero attached hydrogens (tertiary/aromatic N) is 3. The van der Waals surface area contributed by atoms with Crippen LogP contribution >= 0.6 is 0 Å². The van der Waals surface area contributed by atoms with E-state index >= 15 is 0 Å². The Kier molecular flexibility index (Phi) is 2.82. The highest BCUT2D eigenvalue weighted by atomic mass is 15.2. The van der Waals surface area contributed by atoms with Gasteiger partial charge < -0.3 is 22.1 Å². The molecule has 1 aromatic heterocycles. The highest BCUT2D eigenvalue weighted by Gasteiger charge is 2.14. The molecule has 1 aliphatic rings. The molecule has 1 aromatic rings. The van der Waals surface area contributed by atoms with Gasteiger partial charge in [0.2, 0.25) is 17.8 Å². The second-order valence-electron chi connectivity index (χ2n) is 3.56. The van der Waals surface area contributed by atoms with Gasteiger partial charge in [0, 0.05) is 12.6 Å². The number of anilines is 3. The van der Waals surface area contributed by atoms with Crippen molar-refractivity contribution >= 4 is 17.8 Å². The Hall–Kier alpha value is -1.63. The highest BCUT2D eigenvalue weighted by Crippen LogP contribution is 2.09. The monoisotopic (exact) mass is 209 g/mol. The minimum Gasteiger partial charge on any atom is -0.368 e. The molecule has 7 nitrogen and oxygen atoms in total. The van der Waals surface area contributed by atoms with Gasteiger partial charge in [-0.3, -0.25) is 0 Å². The molecule has 82 valence electrons. The summed E-state index contributed by atoms with van der Waals surface area (Å²) in [5, 5.41) is 6.47. The van der Waals surface area contributed by atoms with E-state index in [0.29, 0.717) is 12.0 Å². The standard InChI is InChI=1S/C8H15N7/c9-6-13-7(10)15-8(14-6)12-5-2-1-3-11-4-5/h5,11H,1-4H2,(H5,9,10,12,13,14,15). The fourth-order valence-electron chi connectivity index (χ4n) is 1.63. The fourth-order valence-corrected chi connectivity index (χ4v) is 1.63. The molecule has 0 bridgehead atoms. The molecule has 7 heteroatoms. The SMILES string of the molecule is Nc1nc(N)nc(NC2CCCNC2)n1. The summed E-state index contributed by atoms with van der Waals surface area (Å²) >= 11 is 0. The summed E-state index contributed by atoms with van der Waals surface area (Å²) in [6, 6.07) is 0.333. The first-order chi connectivity index (χ1) is 7.24. The van der Waals surface area contributed by atoms with Crippen molar-refractivity contribution < 1.29 is 0 Å². The van der Waals surface area contributed by atoms with Crippen LogP contribution in [0.15, 0.2) is 0 Å². The van der Waals surface area contributed by atoms with Crippen molar-refractivity contribution in [3.8, 4) is 0 Å². The lowest BCUT2D eigenvalue weighted by atomic mass is 10.1. The molecular formula is C8H15N7. The molecule has 0 aliphatic carbocycles. The molecule has 0 amide bonds. The number of nitrogens with two attached hydrogens (primary N) is 2. The average molecular weight is 209 g/mol. The predicted octanol–water partition coefficient (Wildman–Crippen LogP) is -0.800. The zero-order valence-corrected chi connectivity index (χ0v) is 8.40. The lowest BCUT2D eigenvalue weighted by Crippen LogP contribution is -2.38. The van der Waals surface area contributed by atoms with Crippen LogP contribution in [0.4, 0.5) is 17.8 Å². The van der Waals surface area contributed by atoms with E-state index in [1.807, 2.05) is 0 Å². The molecule has 1 atom stereocenters. The number of rotatable bonds is 2. The van der Waals surface area contributed by atoms with Crippen LogP contribution in [0, 0.1) is 0 Å². The minimum atomic E-state index is 0.147. The molecule has 0 radical (unpaired) electrons. The summed E-state index contributed by atoms with van der Waals surface area (Å²) in [6.45, 7) is 1.98. The van der Waals surface area contributed by atoms with Crippen LogP contribution in [0.25, 0.3) is 0 Å². The summed E-state index contributed by atoms with van der Waals surface area (Å²) in [7, 11) is 0. The van der Waals surface area contributed by atoms with Gasteiger partial charge in [-0.15, -0.1) is 0 Å². The van der Waals surface area contributed by atoms with E-state index in [-0.39, 0.29) is 11.9 Å². The van der Waals surface area contributed by atoms with Crippen LogP contribution in [-0.2, 0) is 0 Å². The van der Waals surface area contributed by atoms with Crippen molar-refractivity contribution in [3.05, 3.63) is 0 Å². The predicted molar refractivity (Wildman–Crippen MR) is 58.2 cm³/mol. The summed E-state index contributed by atoms with van der Waals surface area (Å²) in [5.74, 6) is 0.747. The third-order valence-corrected chi connectivity index (χ3v) is 2.30. The van der Waals surface area contributed by atoms with Crippen molar-refractivity contribution in [2.24, 2.45) is 0 Å². The molecular weight excluding hydrogens is 194 g/mol. The summed E-state index contributed by atoms with van der Waals surface area (Å²) in [6.07, 6.45) is 2.24. The van der Waals surface area contributed by atoms with Gasteiger partial charge in [0.15, 0.2) is 0 Å². The Morgan fingerprint density at radius 2 is 1.93 bits per heavy atom. The summed E-state index contributed by atoms with van der Waals surface area (Å²) in [5.41, 5.74) is 10.9. The molecule has 1 fully saturated rings. The van der Waals surface area contributed by atoms with Gasteiger partial charge in [0.25, 0.3) is 0 Å². The topological polar surface area (TPSA) is 115 Å². The lowest BCUT2D eigenvalue weighted by Gasteiger charge is -2.23. The highest BCUT2D eigenvalue weighted by molar-refractivity contribution is 5.37. The lowest BCUT2D eigenvalue weighted by molar-refractivity contribution is 0.478. The second kappa shape index (κ2) is 4.26. The Bertz CT molecular complexity index is 314. The molecule has 15 heavy (non-hydrogen) atoms. The smallest absolute Gasteiger partial charge is 0.229 e. The van der Waals surface area contributed by atoms with Crippen LogP contribution < -0.4 is 22.1 Å². The van der Waals surface area contributed by atoms with Crippen molar-refractivity contribution in [1.29, 1.82) is 0 Å².